The third kappa shape index (κ3) is 4.88. The molecule has 0 aliphatic carbocycles. The Kier molecular flexibility index (Phi) is 6.75. The molecule has 1 aliphatic heterocycles. The highest BCUT2D eigenvalue weighted by Gasteiger charge is 2.35. The molecule has 6 heteroatoms. The summed E-state index contributed by atoms with van der Waals surface area (Å²) in [6.07, 6.45) is 0.807. The Morgan fingerprint density at radius 2 is 1.97 bits per heavy atom. The summed E-state index contributed by atoms with van der Waals surface area (Å²) >= 11 is 0. The second-order valence-corrected chi connectivity index (χ2v) is 7.22. The van der Waals surface area contributed by atoms with Gasteiger partial charge in [-0.25, -0.2) is 0 Å². The zero-order chi connectivity index (χ0) is 20.8. The van der Waals surface area contributed by atoms with E-state index in [1.54, 1.807) is 6.92 Å². The first-order valence-corrected chi connectivity index (χ1v) is 10.0. The van der Waals surface area contributed by atoms with Gasteiger partial charge in [-0.1, -0.05) is 30.3 Å². The molecule has 6 nitrogen and oxygen atoms in total. The Balaban J connectivity index is 1.89. The number of nitrogens with one attached hydrogen (secondary N) is 1. The first kappa shape index (κ1) is 20.7. The first-order chi connectivity index (χ1) is 14.0. The lowest BCUT2D eigenvalue weighted by molar-refractivity contribution is -0.146. The Morgan fingerprint density at radius 1 is 1.21 bits per heavy atom. The van der Waals surface area contributed by atoms with Gasteiger partial charge in [-0.05, 0) is 42.7 Å². The lowest BCUT2D eigenvalue weighted by atomic mass is 10.1. The van der Waals surface area contributed by atoms with Gasteiger partial charge in [0.1, 0.15) is 6.04 Å². The fourth-order valence-corrected chi connectivity index (χ4v) is 3.74. The highest BCUT2D eigenvalue weighted by atomic mass is 16.5. The topological polar surface area (TPSA) is 61.9 Å². The fourth-order valence-electron chi connectivity index (χ4n) is 3.74. The van der Waals surface area contributed by atoms with E-state index >= 15 is 0 Å². The predicted molar refractivity (Wildman–Crippen MR) is 115 cm³/mol. The quantitative estimate of drug-likeness (QED) is 0.730. The number of amides is 1. The fraction of sp³-hybridized carbons (Fsp3) is 0.391. The van der Waals surface area contributed by atoms with Gasteiger partial charge < -0.3 is 19.9 Å². The van der Waals surface area contributed by atoms with Gasteiger partial charge >= 0.3 is 5.97 Å². The molecule has 1 heterocycles. The van der Waals surface area contributed by atoms with Crippen LogP contribution in [-0.2, 0) is 27.3 Å². The molecule has 0 saturated carbocycles. The van der Waals surface area contributed by atoms with Gasteiger partial charge in [0.2, 0.25) is 5.91 Å². The number of esters is 1. The van der Waals surface area contributed by atoms with E-state index in [2.05, 4.69) is 23.5 Å². The molecule has 29 heavy (non-hydrogen) atoms. The van der Waals surface area contributed by atoms with Crippen LogP contribution in [0.15, 0.2) is 48.5 Å². The lowest BCUT2D eigenvalue weighted by Gasteiger charge is -2.29. The second-order valence-electron chi connectivity index (χ2n) is 7.22. The summed E-state index contributed by atoms with van der Waals surface area (Å²) in [5.74, 6) is -0.394. The molecule has 1 N–H and O–H groups in total. The number of carbonyl (C=O) groups is 2. The van der Waals surface area contributed by atoms with Crippen LogP contribution in [-0.4, -0.2) is 50.1 Å². The number of carbonyl (C=O) groups excluding carboxylic acids is 2. The number of rotatable bonds is 7. The maximum Gasteiger partial charge on any atom is 0.308 e. The Morgan fingerprint density at radius 3 is 2.66 bits per heavy atom. The summed E-state index contributed by atoms with van der Waals surface area (Å²) in [5.41, 5.74) is 4.21. The van der Waals surface area contributed by atoms with Crippen LogP contribution in [0.4, 0.5) is 11.4 Å². The van der Waals surface area contributed by atoms with Crippen molar-refractivity contribution in [2.75, 3.05) is 37.5 Å². The molecule has 1 amide bonds. The normalized spacial score (nSPS) is 16.2. The maximum atomic E-state index is 13.4. The standard InChI is InChI=1S/C23H29N3O3/c1-4-29-22(27)15-21-23(28)26(13-12-17-8-6-5-7-9-17)16-18-14-19(24-2)10-11-20(18)25(21)3/h5-11,14,21,24H,4,12-13,15-16H2,1-3H3. The molecule has 1 unspecified atom stereocenters. The first-order valence-electron chi connectivity index (χ1n) is 10.0. The number of likely N-dealkylation sites (N-methyl/N-ethyl adjacent to an activating group) is 1. The highest BCUT2D eigenvalue weighted by molar-refractivity contribution is 5.91. The van der Waals surface area contributed by atoms with E-state index in [1.165, 1.54) is 5.56 Å². The van der Waals surface area contributed by atoms with Gasteiger partial charge in [0.25, 0.3) is 0 Å². The molecule has 0 bridgehead atoms. The van der Waals surface area contributed by atoms with E-state index < -0.39 is 6.04 Å². The summed E-state index contributed by atoms with van der Waals surface area (Å²) < 4.78 is 5.12. The minimum absolute atomic E-state index is 0.0399. The van der Waals surface area contributed by atoms with Gasteiger partial charge in [0.05, 0.1) is 13.0 Å². The van der Waals surface area contributed by atoms with Crippen molar-refractivity contribution in [3.05, 3.63) is 59.7 Å². The molecule has 0 aromatic heterocycles. The van der Waals surface area contributed by atoms with Crippen molar-refractivity contribution in [1.82, 2.24) is 4.90 Å². The zero-order valence-corrected chi connectivity index (χ0v) is 17.4. The minimum Gasteiger partial charge on any atom is -0.466 e. The van der Waals surface area contributed by atoms with Crippen LogP contribution in [0.25, 0.3) is 0 Å². The third-order valence-electron chi connectivity index (χ3n) is 5.35. The number of hydrogen-bond donors (Lipinski definition) is 1. The molecule has 1 aliphatic rings. The summed E-state index contributed by atoms with van der Waals surface area (Å²) in [6, 6.07) is 15.6. The Hall–Kier alpha value is -3.02. The zero-order valence-electron chi connectivity index (χ0n) is 17.4. The largest absolute Gasteiger partial charge is 0.466 e. The van der Waals surface area contributed by atoms with Crippen molar-refractivity contribution in [2.45, 2.75) is 32.4 Å². The molecule has 0 fully saturated rings. The van der Waals surface area contributed by atoms with E-state index in [1.807, 2.05) is 54.2 Å². The smallest absolute Gasteiger partial charge is 0.308 e. The average Bonchev–Trinajstić information content (AvgIpc) is 2.83. The number of nitrogens with zero attached hydrogens (tertiary/aromatic N) is 2. The molecule has 154 valence electrons. The maximum absolute atomic E-state index is 13.4. The van der Waals surface area contributed by atoms with E-state index in [-0.39, 0.29) is 18.3 Å². The van der Waals surface area contributed by atoms with Crippen molar-refractivity contribution >= 4 is 23.3 Å². The van der Waals surface area contributed by atoms with Crippen molar-refractivity contribution in [3.8, 4) is 0 Å². The average molecular weight is 396 g/mol. The second kappa shape index (κ2) is 9.45. The number of hydrogen-bond acceptors (Lipinski definition) is 5. The number of benzene rings is 2. The highest BCUT2D eigenvalue weighted by Crippen LogP contribution is 2.31. The van der Waals surface area contributed by atoms with Gasteiger partial charge in [0.15, 0.2) is 0 Å². The van der Waals surface area contributed by atoms with Gasteiger partial charge in [-0.3, -0.25) is 9.59 Å². The van der Waals surface area contributed by atoms with Crippen molar-refractivity contribution in [1.29, 1.82) is 0 Å². The number of ether oxygens (including phenoxy) is 1. The van der Waals surface area contributed by atoms with Gasteiger partial charge in [0, 0.05) is 38.6 Å². The molecule has 1 atom stereocenters. The lowest BCUT2D eigenvalue weighted by Crippen LogP contribution is -2.46. The molecule has 0 saturated heterocycles. The minimum atomic E-state index is -0.577. The van der Waals surface area contributed by atoms with Crippen LogP contribution < -0.4 is 10.2 Å². The van der Waals surface area contributed by atoms with Crippen LogP contribution in [0.1, 0.15) is 24.5 Å². The SMILES string of the molecule is CCOC(=O)CC1C(=O)N(CCc2ccccc2)Cc2cc(NC)ccc2N1C. The monoisotopic (exact) mass is 395 g/mol. The molecule has 2 aromatic rings. The van der Waals surface area contributed by atoms with E-state index in [4.69, 9.17) is 4.74 Å². The van der Waals surface area contributed by atoms with Gasteiger partial charge in [-0.2, -0.15) is 0 Å². The third-order valence-corrected chi connectivity index (χ3v) is 5.35. The van der Waals surface area contributed by atoms with Crippen LogP contribution >= 0.6 is 0 Å². The number of fused-ring (bicyclic) bond motifs is 1. The summed E-state index contributed by atoms with van der Waals surface area (Å²) in [5, 5.41) is 3.16. The summed E-state index contributed by atoms with van der Waals surface area (Å²) in [7, 11) is 3.75. The molecular formula is C23H29N3O3. The van der Waals surface area contributed by atoms with E-state index in [9.17, 15) is 9.59 Å². The van der Waals surface area contributed by atoms with E-state index in [0.29, 0.717) is 19.7 Å². The molecule has 3 rings (SSSR count). The van der Waals surface area contributed by atoms with Crippen LogP contribution in [0.2, 0.25) is 0 Å². The Bertz CT molecular complexity index is 854. The molecule has 2 aromatic carbocycles. The summed E-state index contributed by atoms with van der Waals surface area (Å²) in [6.45, 7) is 3.19. The van der Waals surface area contributed by atoms with Crippen LogP contribution in [0.3, 0.4) is 0 Å². The summed E-state index contributed by atoms with van der Waals surface area (Å²) in [4.78, 5) is 29.4. The number of anilines is 2. The van der Waals surface area contributed by atoms with Crippen LogP contribution in [0.5, 0.6) is 0 Å². The predicted octanol–water partition coefficient (Wildman–Crippen LogP) is 3.07. The van der Waals surface area contributed by atoms with Gasteiger partial charge in [-0.15, -0.1) is 0 Å². The van der Waals surface area contributed by atoms with E-state index in [0.717, 1.165) is 23.4 Å². The molecule has 0 radical (unpaired) electrons. The van der Waals surface area contributed by atoms with Crippen LogP contribution in [0, 0.1) is 0 Å². The van der Waals surface area contributed by atoms with Crippen molar-refractivity contribution in [3.63, 3.8) is 0 Å². The van der Waals surface area contributed by atoms with Crippen molar-refractivity contribution < 1.29 is 14.3 Å². The molecule has 0 spiro atoms. The Labute approximate surface area is 172 Å². The van der Waals surface area contributed by atoms with Crippen molar-refractivity contribution in [2.24, 2.45) is 0 Å². The molecular weight excluding hydrogens is 366 g/mol.